The number of alkyl halides is 2. The summed E-state index contributed by atoms with van der Waals surface area (Å²) in [4.78, 5) is 0. The molecule has 1 saturated carbocycles. The molecule has 0 aromatic heterocycles. The number of aliphatic hydroxyl groups excluding tert-OH is 1. The SMILES string of the molecule is OC(CC1CCCC(F)(F)C1)c1cccc(Cl)c1. The second-order valence-electron chi connectivity index (χ2n) is 5.12. The van der Waals surface area contributed by atoms with E-state index in [2.05, 4.69) is 0 Å². The highest BCUT2D eigenvalue weighted by Gasteiger charge is 2.36. The molecule has 1 nitrogen and oxygen atoms in total. The number of rotatable bonds is 3. The zero-order chi connectivity index (χ0) is 13.2. The summed E-state index contributed by atoms with van der Waals surface area (Å²) in [6, 6.07) is 6.95. The smallest absolute Gasteiger partial charge is 0.248 e. The van der Waals surface area contributed by atoms with Crippen molar-refractivity contribution in [3.63, 3.8) is 0 Å². The molecule has 0 saturated heterocycles. The van der Waals surface area contributed by atoms with Crippen LogP contribution in [0.2, 0.25) is 5.02 Å². The van der Waals surface area contributed by atoms with Gasteiger partial charge in [-0.05, 0) is 42.9 Å². The predicted octanol–water partition coefficient (Wildman–Crippen LogP) is 4.59. The van der Waals surface area contributed by atoms with Gasteiger partial charge in [-0.1, -0.05) is 23.7 Å². The van der Waals surface area contributed by atoms with Crippen LogP contribution in [0.25, 0.3) is 0 Å². The van der Waals surface area contributed by atoms with Crippen molar-refractivity contribution < 1.29 is 13.9 Å². The summed E-state index contributed by atoms with van der Waals surface area (Å²) in [6.45, 7) is 0. The van der Waals surface area contributed by atoms with Gasteiger partial charge in [0, 0.05) is 17.9 Å². The van der Waals surface area contributed by atoms with Gasteiger partial charge >= 0.3 is 0 Å². The van der Waals surface area contributed by atoms with Crippen molar-refractivity contribution in [2.45, 2.75) is 44.1 Å². The van der Waals surface area contributed by atoms with Crippen molar-refractivity contribution in [1.82, 2.24) is 0 Å². The number of hydrogen-bond acceptors (Lipinski definition) is 1. The number of aliphatic hydroxyl groups is 1. The molecule has 100 valence electrons. The predicted molar refractivity (Wildman–Crippen MR) is 67.9 cm³/mol. The van der Waals surface area contributed by atoms with E-state index >= 15 is 0 Å². The van der Waals surface area contributed by atoms with E-state index in [0.29, 0.717) is 23.4 Å². The second kappa shape index (κ2) is 5.54. The van der Waals surface area contributed by atoms with E-state index in [1.807, 2.05) is 0 Å². The van der Waals surface area contributed by atoms with Gasteiger partial charge in [0.2, 0.25) is 5.92 Å². The highest BCUT2D eigenvalue weighted by Crippen LogP contribution is 2.40. The van der Waals surface area contributed by atoms with E-state index in [4.69, 9.17) is 11.6 Å². The van der Waals surface area contributed by atoms with Crippen LogP contribution in [-0.2, 0) is 0 Å². The molecular weight excluding hydrogens is 258 g/mol. The maximum Gasteiger partial charge on any atom is 0.248 e. The van der Waals surface area contributed by atoms with Gasteiger partial charge in [0.25, 0.3) is 0 Å². The zero-order valence-electron chi connectivity index (χ0n) is 10.1. The molecule has 0 amide bonds. The molecule has 0 bridgehead atoms. The molecule has 1 aliphatic rings. The van der Waals surface area contributed by atoms with Crippen LogP contribution in [0.4, 0.5) is 8.78 Å². The Morgan fingerprint density at radius 1 is 1.44 bits per heavy atom. The van der Waals surface area contributed by atoms with Gasteiger partial charge in [0.15, 0.2) is 0 Å². The summed E-state index contributed by atoms with van der Waals surface area (Å²) < 4.78 is 26.5. The Hall–Kier alpha value is -0.670. The maximum atomic E-state index is 13.3. The lowest BCUT2D eigenvalue weighted by Crippen LogP contribution is -2.27. The first-order valence-corrected chi connectivity index (χ1v) is 6.65. The van der Waals surface area contributed by atoms with Crippen LogP contribution in [-0.4, -0.2) is 11.0 Å². The molecule has 1 fully saturated rings. The van der Waals surface area contributed by atoms with Crippen LogP contribution >= 0.6 is 11.6 Å². The summed E-state index contributed by atoms with van der Waals surface area (Å²) in [7, 11) is 0. The lowest BCUT2D eigenvalue weighted by molar-refractivity contribution is -0.0590. The highest BCUT2D eigenvalue weighted by molar-refractivity contribution is 6.30. The molecule has 18 heavy (non-hydrogen) atoms. The monoisotopic (exact) mass is 274 g/mol. The Morgan fingerprint density at radius 3 is 2.89 bits per heavy atom. The van der Waals surface area contributed by atoms with E-state index in [-0.39, 0.29) is 18.8 Å². The van der Waals surface area contributed by atoms with Gasteiger partial charge in [-0.25, -0.2) is 8.78 Å². The number of hydrogen-bond donors (Lipinski definition) is 1. The van der Waals surface area contributed by atoms with Gasteiger partial charge in [0.1, 0.15) is 0 Å². The van der Waals surface area contributed by atoms with Gasteiger partial charge in [-0.15, -0.1) is 0 Å². The summed E-state index contributed by atoms with van der Waals surface area (Å²) in [5.74, 6) is -2.67. The molecule has 2 atom stereocenters. The zero-order valence-corrected chi connectivity index (χ0v) is 10.8. The van der Waals surface area contributed by atoms with Crippen LogP contribution in [0.15, 0.2) is 24.3 Å². The van der Waals surface area contributed by atoms with Crippen molar-refractivity contribution in [1.29, 1.82) is 0 Å². The standard InChI is InChI=1S/C14H17ClF2O/c15-12-5-1-4-11(8-12)13(18)7-10-3-2-6-14(16,17)9-10/h1,4-5,8,10,13,18H,2-3,6-7,9H2. The average Bonchev–Trinajstić information content (AvgIpc) is 2.27. The first kappa shape index (κ1) is 13.8. The van der Waals surface area contributed by atoms with Crippen molar-refractivity contribution in [2.24, 2.45) is 5.92 Å². The van der Waals surface area contributed by atoms with Gasteiger partial charge < -0.3 is 5.11 Å². The fourth-order valence-corrected chi connectivity index (χ4v) is 2.84. The first-order chi connectivity index (χ1) is 8.46. The maximum absolute atomic E-state index is 13.3. The summed E-state index contributed by atoms with van der Waals surface area (Å²) in [5, 5.41) is 10.6. The number of benzene rings is 1. The van der Waals surface area contributed by atoms with Crippen molar-refractivity contribution >= 4 is 11.6 Å². The third kappa shape index (κ3) is 3.66. The van der Waals surface area contributed by atoms with Crippen molar-refractivity contribution in [3.05, 3.63) is 34.9 Å². The molecule has 1 N–H and O–H groups in total. The number of halogens is 3. The molecule has 0 radical (unpaired) electrons. The first-order valence-electron chi connectivity index (χ1n) is 6.28. The Balaban J connectivity index is 1.97. The van der Waals surface area contributed by atoms with Crippen LogP contribution in [0.1, 0.15) is 43.8 Å². The molecule has 1 aromatic rings. The van der Waals surface area contributed by atoms with Crippen LogP contribution < -0.4 is 0 Å². The topological polar surface area (TPSA) is 20.2 Å². The fourth-order valence-electron chi connectivity index (χ4n) is 2.64. The summed E-state index contributed by atoms with van der Waals surface area (Å²) in [6.07, 6.45) is 0.868. The quantitative estimate of drug-likeness (QED) is 0.855. The molecule has 0 aliphatic heterocycles. The minimum atomic E-state index is -2.56. The van der Waals surface area contributed by atoms with E-state index in [1.165, 1.54) is 0 Å². The lowest BCUT2D eigenvalue weighted by Gasteiger charge is -2.30. The molecule has 2 rings (SSSR count). The highest BCUT2D eigenvalue weighted by atomic mass is 35.5. The Labute approximate surface area is 111 Å². The lowest BCUT2D eigenvalue weighted by atomic mass is 9.82. The summed E-state index contributed by atoms with van der Waals surface area (Å²) in [5.41, 5.74) is 0.705. The molecule has 1 aliphatic carbocycles. The van der Waals surface area contributed by atoms with Crippen molar-refractivity contribution in [2.75, 3.05) is 0 Å². The van der Waals surface area contributed by atoms with E-state index in [1.54, 1.807) is 24.3 Å². The minimum Gasteiger partial charge on any atom is -0.388 e. The molecule has 2 unspecified atom stereocenters. The Morgan fingerprint density at radius 2 is 2.22 bits per heavy atom. The molecule has 0 spiro atoms. The Kier molecular flexibility index (Phi) is 4.23. The third-order valence-corrected chi connectivity index (χ3v) is 3.77. The van der Waals surface area contributed by atoms with Gasteiger partial charge in [-0.2, -0.15) is 0 Å². The Bertz CT molecular complexity index is 409. The van der Waals surface area contributed by atoms with E-state index < -0.39 is 12.0 Å². The molecule has 4 heteroatoms. The molecule has 0 heterocycles. The summed E-state index contributed by atoms with van der Waals surface area (Å²) >= 11 is 5.85. The third-order valence-electron chi connectivity index (χ3n) is 3.53. The normalized spacial score (nSPS) is 24.8. The van der Waals surface area contributed by atoms with Gasteiger partial charge in [-0.3, -0.25) is 0 Å². The van der Waals surface area contributed by atoms with E-state index in [9.17, 15) is 13.9 Å². The van der Waals surface area contributed by atoms with Gasteiger partial charge in [0.05, 0.1) is 6.10 Å². The largest absolute Gasteiger partial charge is 0.388 e. The second-order valence-corrected chi connectivity index (χ2v) is 5.56. The average molecular weight is 275 g/mol. The van der Waals surface area contributed by atoms with Crippen LogP contribution in [0, 0.1) is 5.92 Å². The van der Waals surface area contributed by atoms with Crippen molar-refractivity contribution in [3.8, 4) is 0 Å². The molecule has 1 aromatic carbocycles. The van der Waals surface area contributed by atoms with E-state index in [0.717, 1.165) is 6.42 Å². The minimum absolute atomic E-state index is 0.0171. The van der Waals surface area contributed by atoms with Crippen LogP contribution in [0.3, 0.4) is 0 Å². The fraction of sp³-hybridized carbons (Fsp3) is 0.571. The van der Waals surface area contributed by atoms with Crippen LogP contribution in [0.5, 0.6) is 0 Å². The molecular formula is C14H17ClF2O.